The molecule has 0 spiro atoms. The maximum Gasteiger partial charge on any atom is 0.232 e. The fraction of sp³-hybridized carbons (Fsp3) is 0.156. The number of hydrogen-bond donors (Lipinski definition) is 0. The van der Waals surface area contributed by atoms with Gasteiger partial charge in [0, 0.05) is 35.5 Å². The highest BCUT2D eigenvalue weighted by Crippen LogP contribution is 2.42. The van der Waals surface area contributed by atoms with E-state index >= 15 is 0 Å². The minimum Gasteiger partial charge on any atom is -0.455 e. The summed E-state index contributed by atoms with van der Waals surface area (Å²) in [5, 5.41) is 0.584. The second-order valence-electron chi connectivity index (χ2n) is 9.39. The van der Waals surface area contributed by atoms with Gasteiger partial charge in [-0.1, -0.05) is 67.6 Å². The van der Waals surface area contributed by atoms with Gasteiger partial charge < -0.3 is 4.42 Å². The van der Waals surface area contributed by atoms with Crippen LogP contribution in [0.4, 0.5) is 10.1 Å². The molecule has 198 valence electrons. The quantitative estimate of drug-likeness (QED) is 0.181. The van der Waals surface area contributed by atoms with Gasteiger partial charge in [0.1, 0.15) is 17.2 Å². The van der Waals surface area contributed by atoms with Crippen LogP contribution in [0.1, 0.15) is 29.3 Å². The van der Waals surface area contributed by atoms with E-state index in [9.17, 15) is 17.6 Å². The van der Waals surface area contributed by atoms with Gasteiger partial charge in [0.15, 0.2) is 5.78 Å². The van der Waals surface area contributed by atoms with Crippen molar-refractivity contribution < 1.29 is 22.0 Å². The molecule has 0 radical (unpaired) electrons. The number of carbonyl (C=O) groups excluding carboxylic acids is 1. The normalized spacial score (nSPS) is 11.6. The second-order valence-corrected chi connectivity index (χ2v) is 11.3. The summed E-state index contributed by atoms with van der Waals surface area (Å²) in [5.41, 5.74) is 4.30. The van der Waals surface area contributed by atoms with Crippen LogP contribution in [0, 0.1) is 5.82 Å². The van der Waals surface area contributed by atoms with E-state index in [1.54, 1.807) is 25.1 Å². The Morgan fingerprint density at radius 1 is 0.872 bits per heavy atom. The maximum absolute atomic E-state index is 13.7. The van der Waals surface area contributed by atoms with Crippen molar-refractivity contribution in [3.63, 3.8) is 0 Å². The molecule has 0 aliphatic heterocycles. The number of nitrogens with zero attached hydrogens (tertiary/aromatic N) is 1. The Kier molecular flexibility index (Phi) is 7.35. The highest BCUT2D eigenvalue weighted by molar-refractivity contribution is 7.92. The Morgan fingerprint density at radius 2 is 1.51 bits per heavy atom. The molecule has 0 unspecified atom stereocenters. The summed E-state index contributed by atoms with van der Waals surface area (Å²) in [6, 6.07) is 28.5. The number of benzene rings is 4. The Labute approximate surface area is 227 Å². The van der Waals surface area contributed by atoms with E-state index in [0.717, 1.165) is 11.1 Å². The lowest BCUT2D eigenvalue weighted by Crippen LogP contribution is -2.32. The first-order valence-electron chi connectivity index (χ1n) is 12.7. The highest BCUT2D eigenvalue weighted by Gasteiger charge is 2.27. The van der Waals surface area contributed by atoms with Gasteiger partial charge in [-0.05, 0) is 47.9 Å². The maximum atomic E-state index is 13.7. The largest absolute Gasteiger partial charge is 0.455 e. The Bertz CT molecular complexity index is 1730. The number of fused-ring (bicyclic) bond motifs is 1. The molecule has 4 aromatic carbocycles. The number of sulfonamides is 1. The first-order chi connectivity index (χ1) is 18.8. The number of rotatable bonds is 9. The molecule has 0 N–H and O–H groups in total. The summed E-state index contributed by atoms with van der Waals surface area (Å²) in [6.07, 6.45) is 1.95. The molecule has 0 saturated heterocycles. The Morgan fingerprint density at radius 3 is 2.13 bits per heavy atom. The van der Waals surface area contributed by atoms with Gasteiger partial charge in [0.25, 0.3) is 0 Å². The predicted octanol–water partition coefficient (Wildman–Crippen LogP) is 7.51. The van der Waals surface area contributed by atoms with E-state index in [1.165, 1.54) is 22.7 Å². The third kappa shape index (κ3) is 5.49. The van der Waals surface area contributed by atoms with Gasteiger partial charge in [0.2, 0.25) is 10.0 Å². The van der Waals surface area contributed by atoms with Crippen molar-refractivity contribution in [1.82, 2.24) is 0 Å². The number of hydrogen-bond acceptors (Lipinski definition) is 4. The summed E-state index contributed by atoms with van der Waals surface area (Å²) < 4.78 is 47.6. The first-order valence-corrected chi connectivity index (χ1v) is 14.6. The minimum absolute atomic E-state index is 0.121. The average molecular weight is 542 g/mol. The van der Waals surface area contributed by atoms with Crippen LogP contribution < -0.4 is 4.31 Å². The van der Waals surface area contributed by atoms with Crippen molar-refractivity contribution in [1.29, 1.82) is 0 Å². The summed E-state index contributed by atoms with van der Waals surface area (Å²) in [4.78, 5) is 13.2. The standard InChI is InChI=1S/C32H28FNO4S/c1-3-29(35)31-27-20-26(23-12-8-5-9-13-23)28(21-30(27)38-32(31)24-14-16-25(33)17-15-24)34(39(2,36)37)19-18-22-10-6-4-7-11-22/h4-17,20-21H,3,18-19H2,1-2H3. The van der Waals surface area contributed by atoms with Crippen molar-refractivity contribution in [3.05, 3.63) is 114 Å². The fourth-order valence-electron chi connectivity index (χ4n) is 4.79. The lowest BCUT2D eigenvalue weighted by molar-refractivity contribution is 0.0989. The van der Waals surface area contributed by atoms with Crippen molar-refractivity contribution >= 4 is 32.5 Å². The third-order valence-electron chi connectivity index (χ3n) is 6.71. The highest BCUT2D eigenvalue weighted by atomic mass is 32.2. The fourth-order valence-corrected chi connectivity index (χ4v) is 5.72. The molecule has 1 heterocycles. The van der Waals surface area contributed by atoms with E-state index in [2.05, 4.69) is 0 Å². The third-order valence-corrected chi connectivity index (χ3v) is 7.89. The molecule has 39 heavy (non-hydrogen) atoms. The van der Waals surface area contributed by atoms with E-state index in [4.69, 9.17) is 4.42 Å². The molecule has 5 nitrogen and oxygen atoms in total. The van der Waals surface area contributed by atoms with Gasteiger partial charge in [0.05, 0.1) is 17.5 Å². The van der Waals surface area contributed by atoms with Gasteiger partial charge in [-0.25, -0.2) is 12.8 Å². The van der Waals surface area contributed by atoms with Gasteiger partial charge >= 0.3 is 0 Å². The SMILES string of the molecule is CCC(=O)c1c(-c2ccc(F)cc2)oc2cc(N(CCc3ccccc3)S(C)(=O)=O)c(-c3ccccc3)cc12. The van der Waals surface area contributed by atoms with Crippen LogP contribution in [0.25, 0.3) is 33.4 Å². The van der Waals surface area contributed by atoms with Crippen LogP contribution in [-0.2, 0) is 16.4 Å². The number of anilines is 1. The molecule has 0 fully saturated rings. The van der Waals surface area contributed by atoms with Crippen molar-refractivity contribution in [2.24, 2.45) is 0 Å². The van der Waals surface area contributed by atoms with Crippen molar-refractivity contribution in [2.75, 3.05) is 17.1 Å². The molecular formula is C32H28FNO4S. The van der Waals surface area contributed by atoms with Crippen LogP contribution in [0.5, 0.6) is 0 Å². The number of Topliss-reactive ketones (excluding diaryl/α,β-unsaturated/α-hetero) is 1. The van der Waals surface area contributed by atoms with Crippen molar-refractivity contribution in [2.45, 2.75) is 19.8 Å². The number of carbonyl (C=O) groups is 1. The van der Waals surface area contributed by atoms with Crippen LogP contribution >= 0.6 is 0 Å². The van der Waals surface area contributed by atoms with Crippen molar-refractivity contribution in [3.8, 4) is 22.5 Å². The summed E-state index contributed by atoms with van der Waals surface area (Å²) in [5.74, 6) is -0.179. The molecule has 0 atom stereocenters. The van der Waals surface area contributed by atoms with E-state index in [1.807, 2.05) is 66.7 Å². The van der Waals surface area contributed by atoms with E-state index in [0.29, 0.717) is 45.5 Å². The molecule has 0 bridgehead atoms. The zero-order valence-electron chi connectivity index (χ0n) is 21.7. The number of halogens is 1. The molecule has 7 heteroatoms. The molecular weight excluding hydrogens is 513 g/mol. The monoisotopic (exact) mass is 541 g/mol. The van der Waals surface area contributed by atoms with E-state index in [-0.39, 0.29) is 18.7 Å². The molecule has 0 aliphatic rings. The van der Waals surface area contributed by atoms with Gasteiger partial charge in [-0.15, -0.1) is 0 Å². The Hall–Kier alpha value is -4.23. The molecule has 0 amide bonds. The average Bonchev–Trinajstić information content (AvgIpc) is 3.31. The summed E-state index contributed by atoms with van der Waals surface area (Å²) in [6.45, 7) is 2.00. The summed E-state index contributed by atoms with van der Waals surface area (Å²) in [7, 11) is -3.69. The lowest BCUT2D eigenvalue weighted by atomic mass is 9.96. The van der Waals surface area contributed by atoms with Crippen LogP contribution in [-0.4, -0.2) is 27.0 Å². The zero-order valence-corrected chi connectivity index (χ0v) is 22.5. The van der Waals surface area contributed by atoms with Crippen LogP contribution in [0.3, 0.4) is 0 Å². The predicted molar refractivity (Wildman–Crippen MR) is 154 cm³/mol. The summed E-state index contributed by atoms with van der Waals surface area (Å²) >= 11 is 0. The zero-order chi connectivity index (χ0) is 27.6. The molecule has 0 aliphatic carbocycles. The molecule has 1 aromatic heterocycles. The van der Waals surface area contributed by atoms with Gasteiger partial charge in [-0.2, -0.15) is 0 Å². The van der Waals surface area contributed by atoms with Gasteiger partial charge in [-0.3, -0.25) is 9.10 Å². The smallest absolute Gasteiger partial charge is 0.232 e. The first kappa shape index (κ1) is 26.4. The van der Waals surface area contributed by atoms with Crippen LogP contribution in [0.15, 0.2) is 101 Å². The minimum atomic E-state index is -3.69. The van der Waals surface area contributed by atoms with Crippen LogP contribution in [0.2, 0.25) is 0 Å². The molecule has 0 saturated carbocycles. The second kappa shape index (κ2) is 10.9. The number of furan rings is 1. The molecule has 5 aromatic rings. The lowest BCUT2D eigenvalue weighted by Gasteiger charge is -2.25. The number of ketones is 1. The molecule has 5 rings (SSSR count). The van der Waals surface area contributed by atoms with E-state index < -0.39 is 15.8 Å². The Balaban J connectivity index is 1.75. The topological polar surface area (TPSA) is 67.6 Å².